The molecule has 1 aliphatic carbocycles. The van der Waals surface area contributed by atoms with Crippen molar-refractivity contribution >= 4 is 22.3 Å². The Morgan fingerprint density at radius 3 is 2.57 bits per heavy atom. The van der Waals surface area contributed by atoms with E-state index in [9.17, 15) is 14.3 Å². The predicted molar refractivity (Wildman–Crippen MR) is 119 cm³/mol. The number of carbonyl (C=O) groups excluding carboxylic acids is 1. The number of halogens is 1. The molecule has 0 radical (unpaired) electrons. The fraction of sp³-hybridized carbons (Fsp3) is 0.192. The van der Waals surface area contributed by atoms with Crippen LogP contribution in [-0.2, 0) is 17.3 Å². The molecule has 0 aliphatic heterocycles. The van der Waals surface area contributed by atoms with Gasteiger partial charge in [0.25, 0.3) is 0 Å². The van der Waals surface area contributed by atoms with Crippen molar-refractivity contribution in [3.8, 4) is 0 Å². The zero-order valence-electron chi connectivity index (χ0n) is 17.6. The minimum Gasteiger partial charge on any atom is -0.506 e. The first-order valence-corrected chi connectivity index (χ1v) is 9.83. The highest BCUT2D eigenvalue weighted by Crippen LogP contribution is 2.42. The highest BCUT2D eigenvalue weighted by Gasteiger charge is 2.37. The maximum absolute atomic E-state index is 13.8. The Balaban J connectivity index is 1.75. The van der Waals surface area contributed by atoms with Crippen LogP contribution in [0.3, 0.4) is 0 Å². The van der Waals surface area contributed by atoms with Crippen LogP contribution in [-0.4, -0.2) is 15.5 Å². The Morgan fingerprint density at radius 2 is 1.90 bits per heavy atom. The second-order valence-electron chi connectivity index (χ2n) is 8.39. The molecule has 1 N–H and O–H groups in total. The molecule has 0 fully saturated rings. The van der Waals surface area contributed by atoms with E-state index in [1.165, 1.54) is 12.1 Å². The summed E-state index contributed by atoms with van der Waals surface area (Å²) in [6.45, 7) is 10.3. The molecule has 30 heavy (non-hydrogen) atoms. The number of aliphatic hydroxyl groups excluding tert-OH is 1. The number of aromatic nitrogens is 1. The van der Waals surface area contributed by atoms with Gasteiger partial charge in [0.2, 0.25) is 5.78 Å². The van der Waals surface area contributed by atoms with Gasteiger partial charge in [-0.05, 0) is 47.9 Å². The van der Waals surface area contributed by atoms with Crippen LogP contribution in [0.25, 0.3) is 16.5 Å². The van der Waals surface area contributed by atoms with Gasteiger partial charge in [0.05, 0.1) is 11.1 Å². The first kappa shape index (κ1) is 19.9. The van der Waals surface area contributed by atoms with Crippen molar-refractivity contribution in [2.24, 2.45) is 7.05 Å². The van der Waals surface area contributed by atoms with Crippen LogP contribution in [0.2, 0.25) is 0 Å². The van der Waals surface area contributed by atoms with E-state index in [2.05, 4.69) is 6.58 Å². The monoisotopic (exact) mass is 401 g/mol. The van der Waals surface area contributed by atoms with Crippen LogP contribution in [0.4, 0.5) is 4.39 Å². The molecule has 0 spiro atoms. The molecular weight excluding hydrogens is 377 g/mol. The van der Waals surface area contributed by atoms with Crippen molar-refractivity contribution in [1.29, 1.82) is 0 Å². The van der Waals surface area contributed by atoms with E-state index in [4.69, 9.17) is 0 Å². The quantitative estimate of drug-likeness (QED) is 0.550. The van der Waals surface area contributed by atoms with E-state index >= 15 is 0 Å². The summed E-state index contributed by atoms with van der Waals surface area (Å²) in [4.78, 5) is 12.9. The number of Topliss-reactive ketones (excluding diaryl/α,β-unsaturated/α-hetero) is 1. The third-order valence-electron chi connectivity index (χ3n) is 6.12. The van der Waals surface area contributed by atoms with Gasteiger partial charge in [-0.25, -0.2) is 4.39 Å². The minimum absolute atomic E-state index is 0.0708. The smallest absolute Gasteiger partial charge is 0.201 e. The number of hydrogen-bond acceptors (Lipinski definition) is 2. The van der Waals surface area contributed by atoms with E-state index in [1.54, 1.807) is 18.3 Å². The Labute approximate surface area is 175 Å². The van der Waals surface area contributed by atoms with Crippen molar-refractivity contribution in [3.63, 3.8) is 0 Å². The number of allylic oxidation sites excluding steroid dienone is 4. The summed E-state index contributed by atoms with van der Waals surface area (Å²) in [6.07, 6.45) is 3.41. The highest BCUT2D eigenvalue weighted by atomic mass is 19.1. The van der Waals surface area contributed by atoms with E-state index < -0.39 is 5.41 Å². The molecule has 0 saturated carbocycles. The molecule has 3 aromatic rings. The molecule has 3 nitrogen and oxygen atoms in total. The van der Waals surface area contributed by atoms with Gasteiger partial charge >= 0.3 is 0 Å². The minimum atomic E-state index is -0.406. The van der Waals surface area contributed by atoms with Gasteiger partial charge in [-0.15, -0.1) is 0 Å². The number of carbonyl (C=O) groups is 1. The van der Waals surface area contributed by atoms with Crippen LogP contribution in [0.1, 0.15) is 30.5 Å². The summed E-state index contributed by atoms with van der Waals surface area (Å²) < 4.78 is 15.6. The van der Waals surface area contributed by atoms with Crippen LogP contribution < -0.4 is 0 Å². The summed E-state index contributed by atoms with van der Waals surface area (Å²) in [6, 6.07) is 12.5. The lowest BCUT2D eigenvalue weighted by molar-refractivity contribution is -0.111. The number of nitrogens with zero attached hydrogens (tertiary/aromatic N) is 1. The molecule has 4 rings (SSSR count). The largest absolute Gasteiger partial charge is 0.506 e. The first-order chi connectivity index (χ1) is 14.1. The third-order valence-corrected chi connectivity index (χ3v) is 6.12. The predicted octanol–water partition coefficient (Wildman–Crippen LogP) is 5.94. The van der Waals surface area contributed by atoms with E-state index in [1.807, 2.05) is 56.7 Å². The molecule has 1 aliphatic rings. The molecule has 0 bridgehead atoms. The lowest BCUT2D eigenvalue weighted by Gasteiger charge is -2.30. The average molecular weight is 401 g/mol. The number of hydrogen-bond donors (Lipinski definition) is 1. The molecule has 1 heterocycles. The number of ketones is 1. The van der Waals surface area contributed by atoms with Gasteiger partial charge in [-0.3, -0.25) is 4.79 Å². The lowest BCUT2D eigenvalue weighted by atomic mass is 9.74. The van der Waals surface area contributed by atoms with Crippen molar-refractivity contribution in [2.45, 2.75) is 26.2 Å². The number of fused-ring (bicyclic) bond motifs is 1. The van der Waals surface area contributed by atoms with Gasteiger partial charge in [-0.1, -0.05) is 44.7 Å². The van der Waals surface area contributed by atoms with Gasteiger partial charge in [0.15, 0.2) is 0 Å². The molecule has 1 aromatic heterocycles. The van der Waals surface area contributed by atoms with Crippen LogP contribution >= 0.6 is 0 Å². The van der Waals surface area contributed by atoms with Gasteiger partial charge in [0.1, 0.15) is 11.6 Å². The van der Waals surface area contributed by atoms with Crippen LogP contribution in [0, 0.1) is 12.7 Å². The summed E-state index contributed by atoms with van der Waals surface area (Å²) in [5.41, 5.74) is 4.38. The van der Waals surface area contributed by atoms with Gasteiger partial charge < -0.3 is 9.67 Å². The number of rotatable bonds is 4. The zero-order valence-corrected chi connectivity index (χ0v) is 17.6. The fourth-order valence-corrected chi connectivity index (χ4v) is 4.17. The Kier molecular flexibility index (Phi) is 4.53. The molecule has 0 saturated heterocycles. The number of benzene rings is 2. The first-order valence-electron chi connectivity index (χ1n) is 9.83. The normalized spacial score (nSPS) is 15.8. The maximum atomic E-state index is 13.8. The highest BCUT2D eigenvalue weighted by molar-refractivity contribution is 6.40. The Morgan fingerprint density at radius 1 is 1.20 bits per heavy atom. The van der Waals surface area contributed by atoms with Crippen molar-refractivity contribution < 1.29 is 14.3 Å². The Bertz CT molecular complexity index is 1290. The lowest BCUT2D eigenvalue weighted by Crippen LogP contribution is -2.24. The van der Waals surface area contributed by atoms with E-state index in [0.29, 0.717) is 10.9 Å². The van der Waals surface area contributed by atoms with Gasteiger partial charge in [0, 0.05) is 35.1 Å². The zero-order chi connectivity index (χ0) is 21.8. The summed E-state index contributed by atoms with van der Waals surface area (Å²) >= 11 is 0. The SMILES string of the molecule is C=C(/C=C1/C(=O)C(c2cn(C)c3ccc(F)cc23)=C1O)C(C)(C)c1ccccc1C. The molecule has 2 aromatic carbocycles. The maximum Gasteiger partial charge on any atom is 0.201 e. The summed E-state index contributed by atoms with van der Waals surface area (Å²) in [7, 11) is 1.83. The summed E-state index contributed by atoms with van der Waals surface area (Å²) in [5, 5.41) is 11.3. The number of aryl methyl sites for hydroxylation is 2. The van der Waals surface area contributed by atoms with Crippen molar-refractivity contribution in [3.05, 3.63) is 101 Å². The topological polar surface area (TPSA) is 42.2 Å². The second-order valence-corrected chi connectivity index (χ2v) is 8.39. The van der Waals surface area contributed by atoms with Gasteiger partial charge in [-0.2, -0.15) is 0 Å². The fourth-order valence-electron chi connectivity index (χ4n) is 4.17. The third kappa shape index (κ3) is 2.91. The van der Waals surface area contributed by atoms with Crippen LogP contribution in [0.15, 0.2) is 78.2 Å². The molecule has 0 amide bonds. The Hall–Kier alpha value is -3.40. The molecule has 152 valence electrons. The molecule has 0 atom stereocenters. The molecule has 0 unspecified atom stereocenters. The van der Waals surface area contributed by atoms with Crippen molar-refractivity contribution in [2.75, 3.05) is 0 Å². The second kappa shape index (κ2) is 6.84. The molecule has 4 heteroatoms. The standard InChI is InChI=1S/C26H24FNO2/c1-15-8-6-7-9-21(15)26(3,4)16(2)12-19-24(29)23(25(19)30)20-14-28(5)22-11-10-17(27)13-18(20)22/h6-14,29H,2H2,1,3-5H3/b19-12+. The van der Waals surface area contributed by atoms with Crippen molar-refractivity contribution in [1.82, 2.24) is 4.57 Å². The van der Waals surface area contributed by atoms with E-state index in [-0.39, 0.29) is 28.5 Å². The van der Waals surface area contributed by atoms with E-state index in [0.717, 1.165) is 22.2 Å². The molecular formula is C26H24FNO2. The van der Waals surface area contributed by atoms with Crippen LogP contribution in [0.5, 0.6) is 0 Å². The summed E-state index contributed by atoms with van der Waals surface area (Å²) in [5.74, 6) is -0.713. The number of aliphatic hydroxyl groups is 1. The average Bonchev–Trinajstić information content (AvgIpc) is 3.01.